The van der Waals surface area contributed by atoms with Crippen molar-refractivity contribution in [1.29, 1.82) is 0 Å². The summed E-state index contributed by atoms with van der Waals surface area (Å²) in [4.78, 5) is 10.1. The fourth-order valence-electron chi connectivity index (χ4n) is 6.42. The van der Waals surface area contributed by atoms with Crippen molar-refractivity contribution in [2.24, 2.45) is 4.99 Å². The van der Waals surface area contributed by atoms with Crippen LogP contribution >= 0.6 is 11.3 Å². The molecule has 8 aromatic rings. The Morgan fingerprint density at radius 3 is 2.16 bits per heavy atom. The van der Waals surface area contributed by atoms with Crippen LogP contribution in [0, 0.1) is 0 Å². The van der Waals surface area contributed by atoms with E-state index in [0.717, 1.165) is 33.9 Å². The molecule has 2 atom stereocenters. The number of aromatic nitrogens is 2. The van der Waals surface area contributed by atoms with Crippen molar-refractivity contribution in [3.05, 3.63) is 156 Å². The molecule has 1 aliphatic heterocycles. The predicted octanol–water partition coefficient (Wildman–Crippen LogP) is 8.88. The molecule has 0 fully saturated rings. The highest BCUT2D eigenvalue weighted by Crippen LogP contribution is 2.40. The van der Waals surface area contributed by atoms with E-state index in [9.17, 15) is 0 Å². The monoisotopic (exact) mass is 585 g/mol. The Bertz CT molecular complexity index is 2340. The zero-order chi connectivity index (χ0) is 29.0. The van der Waals surface area contributed by atoms with Gasteiger partial charge in [0.05, 0.1) is 11.0 Å². The zero-order valence-corrected chi connectivity index (χ0v) is 24.5. The summed E-state index contributed by atoms with van der Waals surface area (Å²) in [5, 5.41) is 12.4. The lowest BCUT2D eigenvalue weighted by Crippen LogP contribution is -2.44. The van der Waals surface area contributed by atoms with E-state index in [4.69, 9.17) is 9.98 Å². The summed E-state index contributed by atoms with van der Waals surface area (Å²) in [5.41, 5.74) is 5.54. The number of rotatable bonds is 4. The van der Waals surface area contributed by atoms with Crippen molar-refractivity contribution in [2.75, 3.05) is 0 Å². The molecule has 6 heteroatoms. The maximum absolute atomic E-state index is 5.09. The second kappa shape index (κ2) is 10.2. The molecule has 0 aliphatic carbocycles. The van der Waals surface area contributed by atoms with Crippen molar-refractivity contribution >= 4 is 59.2 Å². The van der Waals surface area contributed by atoms with Gasteiger partial charge in [0, 0.05) is 48.3 Å². The Kier molecular flexibility index (Phi) is 5.82. The van der Waals surface area contributed by atoms with Crippen molar-refractivity contribution in [3.8, 4) is 5.82 Å². The van der Waals surface area contributed by atoms with Gasteiger partial charge in [-0.3, -0.25) is 9.88 Å². The van der Waals surface area contributed by atoms with Crippen molar-refractivity contribution in [3.63, 3.8) is 0 Å². The van der Waals surface area contributed by atoms with E-state index >= 15 is 0 Å². The van der Waals surface area contributed by atoms with E-state index in [1.807, 2.05) is 41.8 Å². The quantitative estimate of drug-likeness (QED) is 0.217. The minimum absolute atomic E-state index is 0.0883. The zero-order valence-electron chi connectivity index (χ0n) is 23.7. The van der Waals surface area contributed by atoms with Crippen molar-refractivity contribution < 1.29 is 0 Å². The molecule has 3 aromatic heterocycles. The molecule has 9 rings (SSSR count). The van der Waals surface area contributed by atoms with E-state index in [0.29, 0.717) is 0 Å². The molecule has 0 radical (unpaired) electrons. The lowest BCUT2D eigenvalue weighted by molar-refractivity contribution is 0.408. The number of nitrogens with one attached hydrogen (secondary N) is 2. The van der Waals surface area contributed by atoms with Crippen LogP contribution in [0.25, 0.3) is 47.8 Å². The van der Waals surface area contributed by atoms with Crippen LogP contribution in [0.15, 0.2) is 145 Å². The first-order chi connectivity index (χ1) is 21.8. The van der Waals surface area contributed by atoms with Gasteiger partial charge >= 0.3 is 0 Å². The maximum Gasteiger partial charge on any atom is 0.137 e. The minimum Gasteiger partial charge on any atom is -0.350 e. The summed E-state index contributed by atoms with van der Waals surface area (Å²) < 4.78 is 4.89. The average Bonchev–Trinajstić information content (AvgIpc) is 3.62. The Labute approximate surface area is 258 Å². The fourth-order valence-corrected chi connectivity index (χ4v) is 7.54. The molecule has 0 bridgehead atoms. The molecular formula is C38H27N5S. The summed E-state index contributed by atoms with van der Waals surface area (Å²) in [5.74, 6) is 1.75. The van der Waals surface area contributed by atoms with Crippen LogP contribution in [0.5, 0.6) is 0 Å². The third kappa shape index (κ3) is 4.11. The smallest absolute Gasteiger partial charge is 0.137 e. The number of pyridine rings is 1. The molecule has 0 spiro atoms. The second-order valence-corrected chi connectivity index (χ2v) is 12.3. The van der Waals surface area contributed by atoms with Crippen molar-refractivity contribution in [1.82, 2.24) is 20.2 Å². The van der Waals surface area contributed by atoms with Crippen LogP contribution in [0.3, 0.4) is 0 Å². The number of thiophene rings is 1. The number of aliphatic imine (C=N–C) groups is 1. The van der Waals surface area contributed by atoms with E-state index in [2.05, 4.69) is 124 Å². The number of hydrogen-bond acceptors (Lipinski definition) is 5. The first-order valence-corrected chi connectivity index (χ1v) is 15.6. The summed E-state index contributed by atoms with van der Waals surface area (Å²) >= 11 is 1.85. The van der Waals surface area contributed by atoms with Gasteiger partial charge in [-0.15, -0.1) is 11.3 Å². The van der Waals surface area contributed by atoms with Crippen LogP contribution in [0.2, 0.25) is 0 Å². The lowest BCUT2D eigenvalue weighted by Gasteiger charge is -2.32. The number of para-hydroxylation sites is 1. The third-order valence-corrected chi connectivity index (χ3v) is 9.66. The Morgan fingerprint density at radius 2 is 1.34 bits per heavy atom. The third-order valence-electron chi connectivity index (χ3n) is 8.53. The van der Waals surface area contributed by atoms with Gasteiger partial charge in [0.1, 0.15) is 24.0 Å². The van der Waals surface area contributed by atoms with Crippen LogP contribution in [0.1, 0.15) is 29.0 Å². The second-order valence-electron chi connectivity index (χ2n) is 11.2. The standard InChI is InChI=1S/C38H27N5S/c1-3-11-24(12-4-1)36-40-37(25-13-5-2-6-14-25)42-38(41-36)26-19-20-35(39-23-26)43-31-17-9-7-15-27(31)29-21-30-28-16-8-10-18-33(28)44-34(30)22-32(29)43/h1-23,36,38,41H,(H,40,42). The van der Waals surface area contributed by atoms with Gasteiger partial charge in [-0.25, -0.2) is 9.98 Å². The van der Waals surface area contributed by atoms with Gasteiger partial charge in [0.2, 0.25) is 0 Å². The molecule has 0 saturated heterocycles. The number of benzene rings is 5. The molecule has 5 aromatic carbocycles. The molecule has 4 heterocycles. The largest absolute Gasteiger partial charge is 0.350 e. The van der Waals surface area contributed by atoms with E-state index < -0.39 is 0 Å². The van der Waals surface area contributed by atoms with Gasteiger partial charge in [0.15, 0.2) is 0 Å². The van der Waals surface area contributed by atoms with Gasteiger partial charge in [-0.1, -0.05) is 103 Å². The van der Waals surface area contributed by atoms with Gasteiger partial charge in [-0.2, -0.15) is 0 Å². The molecule has 1 aliphatic rings. The molecule has 5 nitrogen and oxygen atoms in total. The van der Waals surface area contributed by atoms with E-state index in [1.165, 1.54) is 36.5 Å². The van der Waals surface area contributed by atoms with Crippen LogP contribution in [-0.4, -0.2) is 15.4 Å². The Morgan fingerprint density at radius 1 is 0.591 bits per heavy atom. The Balaban J connectivity index is 1.16. The molecule has 2 N–H and O–H groups in total. The predicted molar refractivity (Wildman–Crippen MR) is 183 cm³/mol. The van der Waals surface area contributed by atoms with Gasteiger partial charge < -0.3 is 5.32 Å². The first kappa shape index (κ1) is 25.2. The number of hydrogen-bond donors (Lipinski definition) is 2. The molecular weight excluding hydrogens is 559 g/mol. The van der Waals surface area contributed by atoms with Crippen LogP contribution < -0.4 is 10.6 Å². The minimum atomic E-state index is -0.255. The van der Waals surface area contributed by atoms with Crippen LogP contribution in [-0.2, 0) is 0 Å². The molecule has 210 valence electrons. The maximum atomic E-state index is 5.09. The molecule has 2 unspecified atom stereocenters. The Hall–Kier alpha value is -5.30. The fraction of sp³-hybridized carbons (Fsp3) is 0.0526. The number of amidine groups is 1. The van der Waals surface area contributed by atoms with Crippen molar-refractivity contribution in [2.45, 2.75) is 12.3 Å². The van der Waals surface area contributed by atoms with E-state index in [-0.39, 0.29) is 12.3 Å². The topological polar surface area (TPSA) is 54.2 Å². The highest BCUT2D eigenvalue weighted by molar-refractivity contribution is 7.25. The summed E-state index contributed by atoms with van der Waals surface area (Å²) in [6.45, 7) is 0. The SMILES string of the molecule is c1ccc(C2=NC(c3ccc(-n4c5ccccc5c5cc6c(cc54)sc4ccccc46)nc3)NC(c3ccccc3)N2)cc1. The normalized spacial score (nSPS) is 16.9. The highest BCUT2D eigenvalue weighted by Gasteiger charge is 2.26. The summed E-state index contributed by atoms with van der Waals surface area (Å²) in [6.07, 6.45) is 1.62. The van der Waals surface area contributed by atoms with Crippen LogP contribution in [0.4, 0.5) is 0 Å². The van der Waals surface area contributed by atoms with E-state index in [1.54, 1.807) is 0 Å². The number of fused-ring (bicyclic) bond motifs is 6. The lowest BCUT2D eigenvalue weighted by atomic mass is 10.1. The highest BCUT2D eigenvalue weighted by atomic mass is 32.1. The average molecular weight is 586 g/mol. The summed E-state index contributed by atoms with van der Waals surface area (Å²) in [6, 6.07) is 47.0. The molecule has 44 heavy (non-hydrogen) atoms. The molecule has 0 amide bonds. The summed E-state index contributed by atoms with van der Waals surface area (Å²) in [7, 11) is 0. The van der Waals surface area contributed by atoms with Gasteiger partial charge in [0.25, 0.3) is 0 Å². The first-order valence-electron chi connectivity index (χ1n) is 14.8. The number of nitrogens with zero attached hydrogens (tertiary/aromatic N) is 3. The van der Waals surface area contributed by atoms with Gasteiger partial charge in [-0.05, 0) is 35.9 Å². The molecule has 0 saturated carbocycles.